The van der Waals surface area contributed by atoms with Crippen LogP contribution in [-0.2, 0) is 11.2 Å². The lowest BCUT2D eigenvalue weighted by Crippen LogP contribution is -2.39. The molecule has 1 fully saturated rings. The van der Waals surface area contributed by atoms with Crippen molar-refractivity contribution in [2.24, 2.45) is 0 Å². The molecule has 1 aliphatic carbocycles. The second-order valence-corrected chi connectivity index (χ2v) is 5.59. The summed E-state index contributed by atoms with van der Waals surface area (Å²) in [5.74, 6) is 0.0163. The first-order valence-corrected chi connectivity index (χ1v) is 7.94. The van der Waals surface area contributed by atoms with Gasteiger partial charge in [0.1, 0.15) is 0 Å². The number of nitrogens with zero attached hydrogens (tertiary/aromatic N) is 1. The highest BCUT2D eigenvalue weighted by molar-refractivity contribution is 5.78. The average Bonchev–Trinajstić information content (AvgIpc) is 3.01. The quantitative estimate of drug-likeness (QED) is 0.711. The lowest BCUT2D eigenvalue weighted by Gasteiger charge is -2.12. The smallest absolute Gasteiger partial charge is 0.314 e. The predicted octanol–water partition coefficient (Wildman–Crippen LogP) is 1.37. The van der Waals surface area contributed by atoms with E-state index < -0.39 is 0 Å². The first-order chi connectivity index (χ1) is 10.7. The number of carbonyl (C=O) groups excluding carboxylic acids is 2. The van der Waals surface area contributed by atoms with Gasteiger partial charge in [-0.2, -0.15) is 0 Å². The molecule has 3 amide bonds. The highest BCUT2D eigenvalue weighted by Crippen LogP contribution is 2.17. The zero-order chi connectivity index (χ0) is 15.6. The lowest BCUT2D eigenvalue weighted by atomic mass is 10.2. The third-order valence-electron chi connectivity index (χ3n) is 3.78. The molecule has 0 saturated heterocycles. The normalized spacial score (nSPS) is 14.5. The van der Waals surface area contributed by atoms with E-state index in [-0.39, 0.29) is 11.9 Å². The lowest BCUT2D eigenvalue weighted by molar-refractivity contribution is -0.121. The molecule has 6 heteroatoms. The molecule has 2 rings (SSSR count). The molecule has 1 saturated carbocycles. The van der Waals surface area contributed by atoms with E-state index in [1.807, 2.05) is 12.1 Å². The summed E-state index contributed by atoms with van der Waals surface area (Å²) in [4.78, 5) is 27.3. The van der Waals surface area contributed by atoms with Crippen LogP contribution in [0.3, 0.4) is 0 Å². The Bertz CT molecular complexity index is 472. The maximum atomic E-state index is 11.7. The number of rotatable bonds is 7. The fourth-order valence-electron chi connectivity index (χ4n) is 2.59. The summed E-state index contributed by atoms with van der Waals surface area (Å²) < 4.78 is 0. The molecule has 0 bridgehead atoms. The van der Waals surface area contributed by atoms with Crippen LogP contribution in [0, 0.1) is 0 Å². The van der Waals surface area contributed by atoms with Crippen molar-refractivity contribution in [3.05, 3.63) is 30.1 Å². The number of urea groups is 1. The van der Waals surface area contributed by atoms with Gasteiger partial charge >= 0.3 is 6.03 Å². The van der Waals surface area contributed by atoms with E-state index >= 15 is 0 Å². The summed E-state index contributed by atoms with van der Waals surface area (Å²) in [7, 11) is 0. The Morgan fingerprint density at radius 2 is 1.95 bits per heavy atom. The molecular formula is C16H24N4O2. The SMILES string of the molecule is O=C(CCNC(=O)NCCc1cccnc1)NC1CCCC1. The van der Waals surface area contributed by atoms with Crippen LogP contribution >= 0.6 is 0 Å². The summed E-state index contributed by atoms with van der Waals surface area (Å²) in [5.41, 5.74) is 1.08. The molecule has 0 unspecified atom stereocenters. The van der Waals surface area contributed by atoms with Gasteiger partial charge in [-0.05, 0) is 30.9 Å². The van der Waals surface area contributed by atoms with Gasteiger partial charge in [-0.1, -0.05) is 18.9 Å². The van der Waals surface area contributed by atoms with E-state index in [0.29, 0.717) is 25.6 Å². The molecule has 1 aromatic rings. The molecule has 120 valence electrons. The Kier molecular flexibility index (Phi) is 6.67. The summed E-state index contributed by atoms with van der Waals surface area (Å²) >= 11 is 0. The molecule has 1 heterocycles. The fourth-order valence-corrected chi connectivity index (χ4v) is 2.59. The largest absolute Gasteiger partial charge is 0.353 e. The Hall–Kier alpha value is -2.11. The van der Waals surface area contributed by atoms with Crippen molar-refractivity contribution in [1.29, 1.82) is 0 Å². The zero-order valence-electron chi connectivity index (χ0n) is 12.8. The van der Waals surface area contributed by atoms with Crippen molar-refractivity contribution < 1.29 is 9.59 Å². The van der Waals surface area contributed by atoms with Gasteiger partial charge in [0.2, 0.25) is 5.91 Å². The van der Waals surface area contributed by atoms with E-state index in [9.17, 15) is 9.59 Å². The van der Waals surface area contributed by atoms with Crippen LogP contribution in [0.4, 0.5) is 4.79 Å². The van der Waals surface area contributed by atoms with Gasteiger partial charge < -0.3 is 16.0 Å². The molecule has 0 aromatic carbocycles. The third-order valence-corrected chi connectivity index (χ3v) is 3.78. The minimum Gasteiger partial charge on any atom is -0.353 e. The van der Waals surface area contributed by atoms with Gasteiger partial charge in [-0.25, -0.2) is 4.79 Å². The first-order valence-electron chi connectivity index (χ1n) is 7.94. The van der Waals surface area contributed by atoms with E-state index in [4.69, 9.17) is 0 Å². The van der Waals surface area contributed by atoms with E-state index in [1.165, 1.54) is 12.8 Å². The van der Waals surface area contributed by atoms with Crippen LogP contribution in [-0.4, -0.2) is 36.1 Å². The number of nitrogens with one attached hydrogen (secondary N) is 3. The van der Waals surface area contributed by atoms with Crippen LogP contribution in [0.25, 0.3) is 0 Å². The predicted molar refractivity (Wildman–Crippen MR) is 84.4 cm³/mol. The van der Waals surface area contributed by atoms with Crippen molar-refractivity contribution in [1.82, 2.24) is 20.9 Å². The Morgan fingerprint density at radius 1 is 1.18 bits per heavy atom. The van der Waals surface area contributed by atoms with Crippen molar-refractivity contribution in [3.63, 3.8) is 0 Å². The van der Waals surface area contributed by atoms with Gasteiger partial charge in [0.25, 0.3) is 0 Å². The van der Waals surface area contributed by atoms with Crippen molar-refractivity contribution >= 4 is 11.9 Å². The van der Waals surface area contributed by atoms with Crippen LogP contribution in [0.15, 0.2) is 24.5 Å². The van der Waals surface area contributed by atoms with Crippen molar-refractivity contribution in [3.8, 4) is 0 Å². The van der Waals surface area contributed by atoms with E-state index in [0.717, 1.165) is 24.8 Å². The molecular weight excluding hydrogens is 280 g/mol. The maximum absolute atomic E-state index is 11.7. The highest BCUT2D eigenvalue weighted by Gasteiger charge is 2.16. The average molecular weight is 304 g/mol. The Morgan fingerprint density at radius 3 is 2.68 bits per heavy atom. The van der Waals surface area contributed by atoms with Crippen LogP contribution in [0.1, 0.15) is 37.7 Å². The van der Waals surface area contributed by atoms with Crippen molar-refractivity contribution in [2.45, 2.75) is 44.6 Å². The van der Waals surface area contributed by atoms with Crippen LogP contribution in [0.5, 0.6) is 0 Å². The molecule has 3 N–H and O–H groups in total. The van der Waals surface area contributed by atoms with Crippen LogP contribution in [0.2, 0.25) is 0 Å². The number of amides is 3. The third kappa shape index (κ3) is 6.11. The molecule has 1 aromatic heterocycles. The molecule has 22 heavy (non-hydrogen) atoms. The van der Waals surface area contributed by atoms with Gasteiger partial charge in [-0.3, -0.25) is 9.78 Å². The van der Waals surface area contributed by atoms with E-state index in [2.05, 4.69) is 20.9 Å². The van der Waals surface area contributed by atoms with Gasteiger partial charge in [0, 0.05) is 37.9 Å². The summed E-state index contributed by atoms with van der Waals surface area (Å²) in [6, 6.07) is 3.94. The standard InChI is InChI=1S/C16H24N4O2/c21-15(20-14-5-1-2-6-14)8-11-19-16(22)18-10-7-13-4-3-9-17-12-13/h3-4,9,12,14H,1-2,5-8,10-11H2,(H,20,21)(H2,18,19,22). The second kappa shape index (κ2) is 9.02. The maximum Gasteiger partial charge on any atom is 0.314 e. The molecule has 0 spiro atoms. The van der Waals surface area contributed by atoms with Gasteiger partial charge in [-0.15, -0.1) is 0 Å². The minimum absolute atomic E-state index is 0.0163. The number of hydrogen-bond donors (Lipinski definition) is 3. The number of carbonyl (C=O) groups is 2. The number of pyridine rings is 1. The number of aromatic nitrogens is 1. The zero-order valence-corrected chi connectivity index (χ0v) is 12.8. The monoisotopic (exact) mass is 304 g/mol. The van der Waals surface area contributed by atoms with Gasteiger partial charge in [0.05, 0.1) is 0 Å². The molecule has 0 atom stereocenters. The topological polar surface area (TPSA) is 83.1 Å². The molecule has 0 aliphatic heterocycles. The minimum atomic E-state index is -0.238. The molecule has 0 radical (unpaired) electrons. The molecule has 1 aliphatic rings. The second-order valence-electron chi connectivity index (χ2n) is 5.59. The first kappa shape index (κ1) is 16.3. The summed E-state index contributed by atoms with van der Waals surface area (Å²) in [5, 5.41) is 8.47. The van der Waals surface area contributed by atoms with Crippen LogP contribution < -0.4 is 16.0 Å². The Labute approximate surface area is 131 Å². The Balaban J connectivity index is 1.51. The fraction of sp³-hybridized carbons (Fsp3) is 0.562. The highest BCUT2D eigenvalue weighted by atomic mass is 16.2. The summed E-state index contributed by atoms with van der Waals surface area (Å²) in [6.07, 6.45) is 9.12. The summed E-state index contributed by atoms with van der Waals surface area (Å²) in [6.45, 7) is 0.906. The molecule has 6 nitrogen and oxygen atoms in total. The van der Waals surface area contributed by atoms with E-state index in [1.54, 1.807) is 12.4 Å². The van der Waals surface area contributed by atoms with Gasteiger partial charge in [0.15, 0.2) is 0 Å². The van der Waals surface area contributed by atoms with Crippen molar-refractivity contribution in [2.75, 3.05) is 13.1 Å². The number of hydrogen-bond acceptors (Lipinski definition) is 3.